The van der Waals surface area contributed by atoms with Crippen molar-refractivity contribution in [1.82, 2.24) is 0 Å². The molecule has 0 N–H and O–H groups in total. The van der Waals surface area contributed by atoms with Gasteiger partial charge in [-0.1, -0.05) is 66.6 Å². The average Bonchev–Trinajstić information content (AvgIpc) is 2.46. The first-order chi connectivity index (χ1) is 9.58. The zero-order valence-corrected chi connectivity index (χ0v) is 12.7. The van der Waals surface area contributed by atoms with Crippen LogP contribution in [0.4, 0.5) is 0 Å². The van der Waals surface area contributed by atoms with Crippen LogP contribution in [0.1, 0.15) is 34.8 Å². The maximum atomic E-state index is 12.3. The van der Waals surface area contributed by atoms with Gasteiger partial charge in [0.1, 0.15) is 0 Å². The van der Waals surface area contributed by atoms with E-state index >= 15 is 0 Å². The van der Waals surface area contributed by atoms with Crippen molar-refractivity contribution < 1.29 is 4.79 Å². The Morgan fingerprint density at radius 2 is 1.75 bits per heavy atom. The van der Waals surface area contributed by atoms with Gasteiger partial charge >= 0.3 is 0 Å². The molecule has 0 spiro atoms. The van der Waals surface area contributed by atoms with E-state index in [9.17, 15) is 4.79 Å². The predicted molar refractivity (Wildman–Crippen MR) is 84.4 cm³/mol. The van der Waals surface area contributed by atoms with Gasteiger partial charge in [0.05, 0.1) is 0 Å². The Kier molecular flexibility index (Phi) is 4.97. The van der Waals surface area contributed by atoms with Crippen molar-refractivity contribution in [1.29, 1.82) is 0 Å². The molecule has 0 radical (unpaired) electrons. The SMILES string of the molecule is Cc1ccc(C(=O)C(C)CCc2ccccc2Cl)cc1. The molecule has 0 bridgehead atoms. The molecule has 2 aromatic carbocycles. The Balaban J connectivity index is 1.98. The van der Waals surface area contributed by atoms with Gasteiger partial charge < -0.3 is 0 Å². The molecule has 2 heteroatoms. The summed E-state index contributed by atoms with van der Waals surface area (Å²) in [7, 11) is 0. The lowest BCUT2D eigenvalue weighted by Gasteiger charge is -2.11. The molecule has 20 heavy (non-hydrogen) atoms. The van der Waals surface area contributed by atoms with Crippen LogP contribution in [-0.4, -0.2) is 5.78 Å². The Hall–Kier alpha value is -1.60. The molecule has 1 unspecified atom stereocenters. The number of carbonyl (C=O) groups is 1. The Morgan fingerprint density at radius 1 is 1.10 bits per heavy atom. The van der Waals surface area contributed by atoms with E-state index in [2.05, 4.69) is 0 Å². The van der Waals surface area contributed by atoms with Crippen LogP contribution in [0.3, 0.4) is 0 Å². The molecule has 0 aliphatic heterocycles. The smallest absolute Gasteiger partial charge is 0.165 e. The normalized spacial score (nSPS) is 12.2. The highest BCUT2D eigenvalue weighted by molar-refractivity contribution is 6.31. The second kappa shape index (κ2) is 6.71. The van der Waals surface area contributed by atoms with Gasteiger partial charge in [-0.2, -0.15) is 0 Å². The van der Waals surface area contributed by atoms with E-state index in [1.807, 2.05) is 62.4 Å². The summed E-state index contributed by atoms with van der Waals surface area (Å²) >= 11 is 6.14. The molecule has 104 valence electrons. The average molecular weight is 287 g/mol. The van der Waals surface area contributed by atoms with Crippen LogP contribution >= 0.6 is 11.6 Å². The molecule has 0 fully saturated rings. The van der Waals surface area contributed by atoms with Crippen molar-refractivity contribution >= 4 is 17.4 Å². The minimum Gasteiger partial charge on any atom is -0.294 e. The maximum Gasteiger partial charge on any atom is 0.165 e. The van der Waals surface area contributed by atoms with Crippen molar-refractivity contribution in [2.75, 3.05) is 0 Å². The number of rotatable bonds is 5. The van der Waals surface area contributed by atoms with Crippen molar-refractivity contribution in [3.63, 3.8) is 0 Å². The Morgan fingerprint density at radius 3 is 2.40 bits per heavy atom. The van der Waals surface area contributed by atoms with Gasteiger partial charge in [0.2, 0.25) is 0 Å². The molecular formula is C18H19ClO. The third kappa shape index (κ3) is 3.71. The molecule has 0 saturated heterocycles. The highest BCUT2D eigenvalue weighted by Crippen LogP contribution is 2.20. The monoisotopic (exact) mass is 286 g/mol. The van der Waals surface area contributed by atoms with Gasteiger partial charge in [-0.15, -0.1) is 0 Å². The number of hydrogen-bond donors (Lipinski definition) is 0. The third-order valence-corrected chi connectivity index (χ3v) is 3.96. The van der Waals surface area contributed by atoms with Crippen LogP contribution in [0.2, 0.25) is 5.02 Å². The molecule has 2 rings (SSSR count). The van der Waals surface area contributed by atoms with Gasteiger partial charge in [0.25, 0.3) is 0 Å². The number of ketones is 1. The van der Waals surface area contributed by atoms with Crippen molar-refractivity contribution in [2.24, 2.45) is 5.92 Å². The van der Waals surface area contributed by atoms with Crippen molar-refractivity contribution in [3.05, 3.63) is 70.2 Å². The number of aryl methyl sites for hydroxylation is 2. The fourth-order valence-corrected chi connectivity index (χ4v) is 2.44. The number of halogens is 1. The minimum atomic E-state index is 0.00831. The first-order valence-electron chi connectivity index (χ1n) is 6.92. The van der Waals surface area contributed by atoms with E-state index in [1.54, 1.807) is 0 Å². The fourth-order valence-electron chi connectivity index (χ4n) is 2.21. The Bertz CT molecular complexity index is 587. The van der Waals surface area contributed by atoms with Crippen LogP contribution in [0, 0.1) is 12.8 Å². The van der Waals surface area contributed by atoms with Gasteiger partial charge in [0, 0.05) is 16.5 Å². The first kappa shape index (κ1) is 14.8. The van der Waals surface area contributed by atoms with Crippen molar-refractivity contribution in [2.45, 2.75) is 26.7 Å². The summed E-state index contributed by atoms with van der Waals surface area (Å²) in [5, 5.41) is 0.780. The van der Waals surface area contributed by atoms with E-state index in [0.717, 1.165) is 29.0 Å². The van der Waals surface area contributed by atoms with E-state index in [-0.39, 0.29) is 11.7 Å². The summed E-state index contributed by atoms with van der Waals surface area (Å²) < 4.78 is 0. The van der Waals surface area contributed by atoms with Crippen molar-refractivity contribution in [3.8, 4) is 0 Å². The van der Waals surface area contributed by atoms with E-state index < -0.39 is 0 Å². The lowest BCUT2D eigenvalue weighted by molar-refractivity contribution is 0.0924. The molecule has 0 heterocycles. The van der Waals surface area contributed by atoms with Crippen LogP contribution in [-0.2, 0) is 6.42 Å². The van der Waals surface area contributed by atoms with E-state index in [0.29, 0.717) is 0 Å². The molecule has 1 nitrogen and oxygen atoms in total. The quantitative estimate of drug-likeness (QED) is 0.699. The summed E-state index contributed by atoms with van der Waals surface area (Å²) in [5.74, 6) is 0.214. The predicted octanol–water partition coefficient (Wildman–Crippen LogP) is 5.10. The van der Waals surface area contributed by atoms with Crippen LogP contribution in [0.5, 0.6) is 0 Å². The lowest BCUT2D eigenvalue weighted by Crippen LogP contribution is -2.12. The highest BCUT2D eigenvalue weighted by Gasteiger charge is 2.15. The minimum absolute atomic E-state index is 0.00831. The van der Waals surface area contributed by atoms with Gasteiger partial charge in [-0.05, 0) is 31.4 Å². The van der Waals surface area contributed by atoms with Crippen LogP contribution in [0.15, 0.2) is 48.5 Å². The lowest BCUT2D eigenvalue weighted by atomic mass is 9.93. The first-order valence-corrected chi connectivity index (χ1v) is 7.30. The number of Topliss-reactive ketones (excluding diaryl/α,β-unsaturated/α-hetero) is 1. The number of carbonyl (C=O) groups excluding carboxylic acids is 1. The number of hydrogen-bond acceptors (Lipinski definition) is 1. The third-order valence-electron chi connectivity index (χ3n) is 3.59. The Labute approximate surface area is 125 Å². The molecule has 0 amide bonds. The van der Waals surface area contributed by atoms with Crippen LogP contribution < -0.4 is 0 Å². The summed E-state index contributed by atoms with van der Waals surface area (Å²) in [6.45, 7) is 4.01. The standard InChI is InChI=1S/C18H19ClO/c1-13-7-10-16(11-8-13)18(20)14(2)9-12-15-5-3-4-6-17(15)19/h3-8,10-11,14H,9,12H2,1-2H3. The summed E-state index contributed by atoms with van der Waals surface area (Å²) in [4.78, 5) is 12.3. The summed E-state index contributed by atoms with van der Waals surface area (Å²) in [6, 6.07) is 15.6. The van der Waals surface area contributed by atoms with Crippen LogP contribution in [0.25, 0.3) is 0 Å². The second-order valence-corrected chi connectivity index (χ2v) is 5.67. The van der Waals surface area contributed by atoms with Gasteiger partial charge in [0.15, 0.2) is 5.78 Å². The fraction of sp³-hybridized carbons (Fsp3) is 0.278. The molecule has 2 aromatic rings. The molecule has 1 atom stereocenters. The second-order valence-electron chi connectivity index (χ2n) is 5.26. The molecule has 0 saturated carbocycles. The molecule has 0 aromatic heterocycles. The summed E-state index contributed by atoms with van der Waals surface area (Å²) in [5.41, 5.74) is 3.07. The molecule has 0 aliphatic rings. The molecular weight excluding hydrogens is 268 g/mol. The number of benzene rings is 2. The van der Waals surface area contributed by atoms with E-state index in [4.69, 9.17) is 11.6 Å². The highest BCUT2D eigenvalue weighted by atomic mass is 35.5. The van der Waals surface area contributed by atoms with Gasteiger partial charge in [-0.3, -0.25) is 4.79 Å². The largest absolute Gasteiger partial charge is 0.294 e. The maximum absolute atomic E-state index is 12.3. The summed E-state index contributed by atoms with van der Waals surface area (Å²) in [6.07, 6.45) is 1.65. The topological polar surface area (TPSA) is 17.1 Å². The molecule has 0 aliphatic carbocycles. The zero-order valence-electron chi connectivity index (χ0n) is 11.9. The van der Waals surface area contributed by atoms with E-state index in [1.165, 1.54) is 5.56 Å². The zero-order chi connectivity index (χ0) is 14.5. The van der Waals surface area contributed by atoms with Gasteiger partial charge in [-0.25, -0.2) is 0 Å².